The first-order valence-electron chi connectivity index (χ1n) is 16.2. The molecule has 0 radical (unpaired) electrons. The lowest BCUT2D eigenvalue weighted by molar-refractivity contribution is -0.132. The molecule has 0 saturated carbocycles. The third-order valence-electron chi connectivity index (χ3n) is 7.44. The molecule has 46 heavy (non-hydrogen) atoms. The Hall–Kier alpha value is -4.15. The van der Waals surface area contributed by atoms with Gasteiger partial charge in [-0.3, -0.25) is 19.2 Å². The van der Waals surface area contributed by atoms with Gasteiger partial charge in [-0.1, -0.05) is 44.4 Å². The summed E-state index contributed by atoms with van der Waals surface area (Å²) >= 11 is 0. The van der Waals surface area contributed by atoms with Crippen molar-refractivity contribution in [1.82, 2.24) is 21.3 Å². The van der Waals surface area contributed by atoms with E-state index >= 15 is 0 Å². The molecular formula is C33H51N7O6. The maximum absolute atomic E-state index is 13.3. The molecule has 0 bridgehead atoms. The van der Waals surface area contributed by atoms with Crippen molar-refractivity contribution in [3.8, 4) is 11.8 Å². The highest BCUT2D eigenvalue weighted by molar-refractivity contribution is 5.98. The van der Waals surface area contributed by atoms with Crippen molar-refractivity contribution in [2.75, 3.05) is 25.0 Å². The molecule has 0 fully saturated rings. The number of ether oxygens (including phenoxy) is 1. The number of primary amides is 1. The van der Waals surface area contributed by atoms with Gasteiger partial charge in [0.15, 0.2) is 0 Å². The molecule has 4 atom stereocenters. The van der Waals surface area contributed by atoms with Crippen LogP contribution in [0, 0.1) is 17.8 Å². The summed E-state index contributed by atoms with van der Waals surface area (Å²) in [7, 11) is 0. The predicted octanol–water partition coefficient (Wildman–Crippen LogP) is 1.67. The standard InChI is InChI=1S/C33H51N7O6/c1-23(2)29(32(44)39-27(19-13-21-37-33(35)45)31(43)38-24-14-7-6-8-15-24)40-30(42)26(34)18-11-12-20-36-28(41)22-46-25-16-9-4-3-5-10-17-25/h6-8,14-15,23,25-27,29H,3-5,9,11-13,16,18-22,34H2,1-2H3,(H,36,41)(H,38,43)(H,39,44)(H,40,42)(H3,35,37,45)/t25?,26-,27+,29+/m1/s1. The average molecular weight is 642 g/mol. The number of hydrogen-bond donors (Lipinski definition) is 7. The van der Waals surface area contributed by atoms with Gasteiger partial charge in [0.2, 0.25) is 23.6 Å². The topological polar surface area (TPSA) is 207 Å². The van der Waals surface area contributed by atoms with Crippen LogP contribution in [-0.4, -0.2) is 73.6 Å². The summed E-state index contributed by atoms with van der Waals surface area (Å²) in [5.74, 6) is 4.22. The Balaban J connectivity index is 1.80. The van der Waals surface area contributed by atoms with Crippen LogP contribution < -0.4 is 38.1 Å². The minimum Gasteiger partial charge on any atom is -0.356 e. The van der Waals surface area contributed by atoms with Crippen LogP contribution in [0.25, 0.3) is 0 Å². The maximum atomic E-state index is 13.3. The zero-order chi connectivity index (χ0) is 33.7. The highest BCUT2D eigenvalue weighted by atomic mass is 16.5. The zero-order valence-electron chi connectivity index (χ0n) is 27.1. The van der Waals surface area contributed by atoms with Gasteiger partial charge < -0.3 is 42.8 Å². The fraction of sp³-hybridized carbons (Fsp3) is 0.606. The lowest BCUT2D eigenvalue weighted by Gasteiger charge is -2.26. The molecule has 0 aliphatic heterocycles. The van der Waals surface area contributed by atoms with Crippen LogP contribution in [-0.2, 0) is 23.9 Å². The minimum atomic E-state index is -0.934. The molecule has 254 valence electrons. The summed E-state index contributed by atoms with van der Waals surface area (Å²) < 4.78 is 5.65. The van der Waals surface area contributed by atoms with Crippen LogP contribution in [0.1, 0.15) is 78.1 Å². The Bertz CT molecular complexity index is 1180. The number of hydrogen-bond acceptors (Lipinski definition) is 7. The second-order valence-electron chi connectivity index (χ2n) is 11.8. The van der Waals surface area contributed by atoms with Crippen LogP contribution in [0.2, 0.25) is 0 Å². The number of rotatable bonds is 19. The molecule has 0 spiro atoms. The Kier molecular flexibility index (Phi) is 17.8. The highest BCUT2D eigenvalue weighted by Gasteiger charge is 2.30. The third kappa shape index (κ3) is 15.7. The number of urea groups is 1. The maximum Gasteiger partial charge on any atom is 0.312 e. The van der Waals surface area contributed by atoms with Crippen molar-refractivity contribution in [3.05, 3.63) is 30.3 Å². The van der Waals surface area contributed by atoms with Crippen LogP contribution in [0.3, 0.4) is 0 Å². The molecule has 13 heteroatoms. The molecule has 1 aliphatic rings. The quantitative estimate of drug-likeness (QED) is 0.0877. The summed E-state index contributed by atoms with van der Waals surface area (Å²) in [5, 5.41) is 13.5. The van der Waals surface area contributed by atoms with Gasteiger partial charge in [0.25, 0.3) is 0 Å². The molecule has 1 aromatic rings. The van der Waals surface area contributed by atoms with Gasteiger partial charge in [0, 0.05) is 25.2 Å². The van der Waals surface area contributed by atoms with E-state index in [1.165, 1.54) is 0 Å². The number of nitrogens with one attached hydrogen (secondary N) is 5. The molecule has 13 nitrogen and oxygen atoms in total. The van der Waals surface area contributed by atoms with Gasteiger partial charge >= 0.3 is 6.03 Å². The number of carbonyl (C=O) groups excluding carboxylic acids is 5. The fourth-order valence-corrected chi connectivity index (χ4v) is 4.77. The van der Waals surface area contributed by atoms with Gasteiger partial charge in [0.1, 0.15) is 24.8 Å². The lowest BCUT2D eigenvalue weighted by Crippen LogP contribution is -2.56. The second-order valence-corrected chi connectivity index (χ2v) is 11.8. The van der Waals surface area contributed by atoms with Crippen molar-refractivity contribution in [2.45, 2.75) is 102 Å². The summed E-state index contributed by atoms with van der Waals surface area (Å²) in [6, 6.07) is 5.40. The van der Waals surface area contributed by atoms with Crippen molar-refractivity contribution in [2.24, 2.45) is 17.4 Å². The summed E-state index contributed by atoms with van der Waals surface area (Å²) in [4.78, 5) is 62.4. The molecule has 2 rings (SSSR count). The number of amides is 6. The van der Waals surface area contributed by atoms with Gasteiger partial charge in [-0.05, 0) is 69.4 Å². The minimum absolute atomic E-state index is 0.0427. The van der Waals surface area contributed by atoms with Crippen molar-refractivity contribution in [3.63, 3.8) is 0 Å². The monoisotopic (exact) mass is 641 g/mol. The van der Waals surface area contributed by atoms with Gasteiger partial charge in [-0.15, -0.1) is 5.92 Å². The van der Waals surface area contributed by atoms with E-state index < -0.39 is 41.9 Å². The first kappa shape index (κ1) is 38.0. The van der Waals surface area contributed by atoms with E-state index in [1.807, 2.05) is 6.07 Å². The first-order chi connectivity index (χ1) is 22.1. The van der Waals surface area contributed by atoms with Gasteiger partial charge in [-0.2, -0.15) is 0 Å². The number of unbranched alkanes of at least 4 members (excludes halogenated alkanes) is 1. The summed E-state index contributed by atoms with van der Waals surface area (Å²) in [6.07, 6.45) is 6.93. The second kappa shape index (κ2) is 21.6. The molecule has 1 aromatic carbocycles. The Morgan fingerprint density at radius 1 is 0.891 bits per heavy atom. The molecule has 0 saturated heterocycles. The Labute approximate surface area is 272 Å². The van der Waals surface area contributed by atoms with Crippen molar-refractivity contribution < 1.29 is 28.7 Å². The van der Waals surface area contributed by atoms with Crippen molar-refractivity contribution in [1.29, 1.82) is 0 Å². The molecule has 1 unspecified atom stereocenters. The Morgan fingerprint density at radius 3 is 2.35 bits per heavy atom. The third-order valence-corrected chi connectivity index (χ3v) is 7.44. The van der Waals surface area contributed by atoms with Crippen LogP contribution in [0.15, 0.2) is 30.3 Å². The fourth-order valence-electron chi connectivity index (χ4n) is 4.77. The van der Waals surface area contributed by atoms with Crippen LogP contribution in [0.5, 0.6) is 0 Å². The van der Waals surface area contributed by atoms with E-state index in [0.717, 1.165) is 32.1 Å². The summed E-state index contributed by atoms with van der Waals surface area (Å²) in [6.45, 7) is 4.17. The number of anilines is 1. The van der Waals surface area contributed by atoms with E-state index in [2.05, 4.69) is 38.4 Å². The van der Waals surface area contributed by atoms with Gasteiger partial charge in [-0.25, -0.2) is 4.79 Å². The number of benzene rings is 1. The SMILES string of the molecule is CC(C)[C@H](NC(=O)[C@H](N)CCCCNC(=O)COC1C#CCCCCC1)C(=O)N[C@@H](CCCNC(N)=O)C(=O)Nc1ccccc1. The summed E-state index contributed by atoms with van der Waals surface area (Å²) in [5.41, 5.74) is 11.8. The van der Waals surface area contributed by atoms with Crippen LogP contribution in [0.4, 0.5) is 10.5 Å². The zero-order valence-corrected chi connectivity index (χ0v) is 27.1. The van der Waals surface area contributed by atoms with Gasteiger partial charge in [0.05, 0.1) is 6.04 Å². The van der Waals surface area contributed by atoms with Crippen molar-refractivity contribution >= 4 is 35.3 Å². The molecule has 9 N–H and O–H groups in total. The first-order valence-corrected chi connectivity index (χ1v) is 16.2. The number of carbonyl (C=O) groups is 5. The Morgan fingerprint density at radius 2 is 1.63 bits per heavy atom. The smallest absolute Gasteiger partial charge is 0.312 e. The highest BCUT2D eigenvalue weighted by Crippen LogP contribution is 2.12. The molecular weight excluding hydrogens is 590 g/mol. The normalized spacial score (nSPS) is 16.3. The lowest BCUT2D eigenvalue weighted by atomic mass is 10.0. The largest absolute Gasteiger partial charge is 0.356 e. The van der Waals surface area contributed by atoms with Crippen LogP contribution >= 0.6 is 0 Å². The van der Waals surface area contributed by atoms with E-state index in [9.17, 15) is 24.0 Å². The molecule has 6 amide bonds. The number of para-hydroxylation sites is 1. The molecule has 1 aliphatic carbocycles. The predicted molar refractivity (Wildman–Crippen MR) is 176 cm³/mol. The van der Waals surface area contributed by atoms with E-state index in [4.69, 9.17) is 16.2 Å². The van der Waals surface area contributed by atoms with E-state index in [-0.39, 0.29) is 37.5 Å². The van der Waals surface area contributed by atoms with E-state index in [1.54, 1.807) is 38.1 Å². The molecule has 0 heterocycles. The molecule has 0 aromatic heterocycles. The average Bonchev–Trinajstić information content (AvgIpc) is 3.00. The number of nitrogens with two attached hydrogens (primary N) is 2. The van der Waals surface area contributed by atoms with E-state index in [0.29, 0.717) is 37.9 Å².